The van der Waals surface area contributed by atoms with Crippen LogP contribution in [0.25, 0.3) is 188 Å². The number of fused-ring (bicyclic) bond motifs is 12. The summed E-state index contributed by atoms with van der Waals surface area (Å²) in [5.74, 6) is 0. The van der Waals surface area contributed by atoms with Crippen molar-refractivity contribution in [2.45, 2.75) is 0 Å². The van der Waals surface area contributed by atoms with Gasteiger partial charge in [-0.05, 0) is 211 Å². The van der Waals surface area contributed by atoms with Gasteiger partial charge in [-0.25, -0.2) is 0 Å². The summed E-state index contributed by atoms with van der Waals surface area (Å²) in [6.45, 7) is 0. The first-order valence-electron chi connectivity index (χ1n) is 34.4. The first-order valence-corrected chi connectivity index (χ1v) is 34.4. The van der Waals surface area contributed by atoms with Gasteiger partial charge in [-0.15, -0.1) is 0 Å². The lowest BCUT2D eigenvalue weighted by Gasteiger charge is -2.12. The monoisotopic (exact) mass is 1270 g/mol. The Kier molecular flexibility index (Phi) is 13.2. The molecule has 20 rings (SSSR count). The van der Waals surface area contributed by atoms with Gasteiger partial charge in [-0.2, -0.15) is 0 Å². The van der Waals surface area contributed by atoms with Gasteiger partial charge in [-0.1, -0.05) is 243 Å². The van der Waals surface area contributed by atoms with Gasteiger partial charge in [0.2, 0.25) is 0 Å². The van der Waals surface area contributed by atoms with Crippen molar-refractivity contribution in [1.29, 1.82) is 0 Å². The molecule has 0 fully saturated rings. The zero-order chi connectivity index (χ0) is 65.8. The van der Waals surface area contributed by atoms with Gasteiger partial charge in [0, 0.05) is 65.8 Å². The maximum atomic E-state index is 2.45. The molecule has 0 aliphatic carbocycles. The van der Waals surface area contributed by atoms with Crippen molar-refractivity contribution in [3.63, 3.8) is 0 Å². The molecule has 100 heavy (non-hydrogen) atoms. The van der Waals surface area contributed by atoms with Crippen molar-refractivity contribution in [2.75, 3.05) is 0 Å². The fourth-order valence-corrected chi connectivity index (χ4v) is 16.0. The van der Waals surface area contributed by atoms with Crippen LogP contribution in [0.4, 0.5) is 0 Å². The largest absolute Gasteiger partial charge is 0.309 e. The quantitative estimate of drug-likeness (QED) is 0.123. The van der Waals surface area contributed by atoms with E-state index >= 15 is 0 Å². The summed E-state index contributed by atoms with van der Waals surface area (Å²) < 4.78 is 9.70. The summed E-state index contributed by atoms with van der Waals surface area (Å²) in [5.41, 5.74) is 30.6. The van der Waals surface area contributed by atoms with Crippen LogP contribution in [-0.2, 0) is 0 Å². The number of hydrogen-bond donors (Lipinski definition) is 0. The van der Waals surface area contributed by atoms with E-state index < -0.39 is 0 Å². The van der Waals surface area contributed by atoms with E-state index in [1.807, 2.05) is 0 Å². The van der Waals surface area contributed by atoms with Crippen molar-refractivity contribution >= 4 is 87.2 Å². The van der Waals surface area contributed by atoms with Gasteiger partial charge in [0.15, 0.2) is 0 Å². The molecular weight excluding hydrogens is 1210 g/mol. The molecule has 20 aromatic rings. The number of para-hydroxylation sites is 3. The summed E-state index contributed by atoms with van der Waals surface area (Å²) in [6, 6.07) is 139. The minimum atomic E-state index is 1.12. The summed E-state index contributed by atoms with van der Waals surface area (Å²) >= 11 is 0. The second kappa shape index (κ2) is 23.2. The van der Waals surface area contributed by atoms with Gasteiger partial charge in [-0.3, -0.25) is 0 Å². The van der Waals surface area contributed by atoms with Crippen LogP contribution in [0.1, 0.15) is 0 Å². The fourth-order valence-electron chi connectivity index (χ4n) is 16.0. The van der Waals surface area contributed by atoms with Gasteiger partial charge < -0.3 is 18.3 Å². The van der Waals surface area contributed by atoms with E-state index in [1.165, 1.54) is 143 Å². The SMILES string of the molecule is c1ccc(-c2ccc(-n3c4ccc(-c5ccccc5)cc4c4cc(-c5ccc6c(c5)c5ccccc5n6-c5cccc(-c6ccc(-c7cccc(-n8c9ccc(-c%10ccccc%10)cc9c9cc(-c%10ccc%11c(c%10)c%10ccccc%10n%11-c%10ccccc%10)ccc98)c7)cc6)c5)ccc43)cc2)cc1. The summed E-state index contributed by atoms with van der Waals surface area (Å²) in [4.78, 5) is 0. The Balaban J connectivity index is 0.632. The molecule has 0 spiro atoms. The zero-order valence-corrected chi connectivity index (χ0v) is 54.6. The Bertz CT molecular complexity index is 6590. The number of nitrogens with zero attached hydrogens (tertiary/aromatic N) is 4. The van der Waals surface area contributed by atoms with E-state index in [1.54, 1.807) is 0 Å². The van der Waals surface area contributed by atoms with E-state index in [0.29, 0.717) is 0 Å². The summed E-state index contributed by atoms with van der Waals surface area (Å²) in [5, 5.41) is 9.82. The van der Waals surface area contributed by atoms with E-state index in [4.69, 9.17) is 0 Å². The Hall–Kier alpha value is -13.3. The van der Waals surface area contributed by atoms with Crippen LogP contribution in [0.15, 0.2) is 376 Å². The smallest absolute Gasteiger partial charge is 0.0541 e. The van der Waals surface area contributed by atoms with Crippen molar-refractivity contribution in [2.24, 2.45) is 0 Å². The molecule has 4 aromatic heterocycles. The third-order valence-corrected chi connectivity index (χ3v) is 20.8. The highest BCUT2D eigenvalue weighted by Crippen LogP contribution is 2.44. The highest BCUT2D eigenvalue weighted by atomic mass is 15.0. The zero-order valence-electron chi connectivity index (χ0n) is 54.6. The number of benzene rings is 16. The standard InChI is InChI=1S/C96H62N4/c1-5-19-63(20-6-1)66-39-47-78(48-40-66)98-93-49-41-71(64-21-7-2-8-22-64)57-85(93)87-61-75(45-53-94(87)98)74-44-52-92-84(60-74)82-32-14-16-34-90(82)99(92)79-29-17-25-69(55-79)67-35-37-68(38-36-67)70-26-18-30-80(56-70)100-95-50-42-72(65-23-9-3-10-24-65)58-86(95)88-62-76(46-54-96(88)100)73-43-51-91-83(59-73)81-31-13-15-33-89(81)97(91)77-27-11-4-12-28-77/h1-62H. The number of hydrogen-bond acceptors (Lipinski definition) is 0. The predicted molar refractivity (Wildman–Crippen MR) is 422 cm³/mol. The summed E-state index contributed by atoms with van der Waals surface area (Å²) in [6.07, 6.45) is 0. The Morgan fingerprint density at radius 2 is 0.310 bits per heavy atom. The van der Waals surface area contributed by atoms with Crippen LogP contribution in [0, 0.1) is 0 Å². The summed E-state index contributed by atoms with van der Waals surface area (Å²) in [7, 11) is 0. The highest BCUT2D eigenvalue weighted by Gasteiger charge is 2.21. The molecule has 0 saturated heterocycles. The molecule has 0 unspecified atom stereocenters. The Morgan fingerprint density at radius 3 is 0.670 bits per heavy atom. The molecule has 0 aliphatic heterocycles. The van der Waals surface area contributed by atoms with Gasteiger partial charge in [0.05, 0.1) is 44.1 Å². The molecule has 4 heterocycles. The topological polar surface area (TPSA) is 19.7 Å². The Labute approximate surface area is 578 Å². The predicted octanol–water partition coefficient (Wildman–Crippen LogP) is 25.7. The lowest BCUT2D eigenvalue weighted by molar-refractivity contribution is 1.18. The van der Waals surface area contributed by atoms with Crippen LogP contribution < -0.4 is 0 Å². The van der Waals surface area contributed by atoms with Crippen LogP contribution in [-0.4, -0.2) is 18.3 Å². The molecule has 0 N–H and O–H groups in total. The van der Waals surface area contributed by atoms with Crippen LogP contribution in [0.3, 0.4) is 0 Å². The maximum absolute atomic E-state index is 2.45. The van der Waals surface area contributed by atoms with Crippen LogP contribution >= 0.6 is 0 Å². The molecule has 16 aromatic carbocycles. The highest BCUT2D eigenvalue weighted by molar-refractivity contribution is 6.16. The maximum Gasteiger partial charge on any atom is 0.0541 e. The lowest BCUT2D eigenvalue weighted by atomic mass is 9.99. The van der Waals surface area contributed by atoms with Crippen molar-refractivity contribution < 1.29 is 0 Å². The molecule has 466 valence electrons. The molecular formula is C96H62N4. The van der Waals surface area contributed by atoms with Gasteiger partial charge in [0.1, 0.15) is 0 Å². The number of rotatable bonds is 11. The molecule has 0 saturated carbocycles. The minimum Gasteiger partial charge on any atom is -0.309 e. The second-order valence-corrected chi connectivity index (χ2v) is 26.4. The lowest BCUT2D eigenvalue weighted by Crippen LogP contribution is -1.95. The molecule has 0 bridgehead atoms. The molecule has 0 amide bonds. The normalized spacial score (nSPS) is 11.8. The third-order valence-electron chi connectivity index (χ3n) is 20.8. The van der Waals surface area contributed by atoms with Crippen molar-refractivity contribution in [3.8, 4) is 101 Å². The van der Waals surface area contributed by atoms with E-state index in [9.17, 15) is 0 Å². The van der Waals surface area contributed by atoms with Crippen LogP contribution in [0.2, 0.25) is 0 Å². The Morgan fingerprint density at radius 1 is 0.110 bits per heavy atom. The van der Waals surface area contributed by atoms with E-state index in [0.717, 1.165) is 45.0 Å². The molecule has 0 atom stereocenters. The fraction of sp³-hybridized carbons (Fsp3) is 0. The molecule has 4 heteroatoms. The second-order valence-electron chi connectivity index (χ2n) is 26.4. The van der Waals surface area contributed by atoms with Crippen LogP contribution in [0.5, 0.6) is 0 Å². The van der Waals surface area contributed by atoms with Gasteiger partial charge in [0.25, 0.3) is 0 Å². The number of aromatic nitrogens is 4. The molecule has 0 aliphatic rings. The first-order chi connectivity index (χ1) is 49.6. The van der Waals surface area contributed by atoms with E-state index in [2.05, 4.69) is 394 Å². The van der Waals surface area contributed by atoms with E-state index in [-0.39, 0.29) is 0 Å². The average Bonchev–Trinajstić information content (AvgIpc) is 1.60. The minimum absolute atomic E-state index is 1.12. The average molecular weight is 1270 g/mol. The molecule has 0 radical (unpaired) electrons. The van der Waals surface area contributed by atoms with Crippen molar-refractivity contribution in [3.05, 3.63) is 376 Å². The molecule has 4 nitrogen and oxygen atoms in total. The van der Waals surface area contributed by atoms with Crippen molar-refractivity contribution in [1.82, 2.24) is 18.3 Å². The third kappa shape index (κ3) is 9.45. The first kappa shape index (κ1) is 57.0. The van der Waals surface area contributed by atoms with Gasteiger partial charge >= 0.3 is 0 Å².